The maximum absolute atomic E-state index is 12.1. The summed E-state index contributed by atoms with van der Waals surface area (Å²) < 4.78 is 5.06. The Hall–Kier alpha value is -2.37. The molecular formula is C15H18N2O4. The summed E-state index contributed by atoms with van der Waals surface area (Å²) in [7, 11) is 1.49. The molecule has 1 aliphatic heterocycles. The Morgan fingerprint density at radius 2 is 1.90 bits per heavy atom. The molecule has 0 unspecified atom stereocenters. The lowest BCUT2D eigenvalue weighted by Gasteiger charge is -2.23. The predicted octanol–water partition coefficient (Wildman–Crippen LogP) is 1.09. The number of rotatable bonds is 5. The number of hydrogen-bond acceptors (Lipinski definition) is 4. The normalized spacial score (nSPS) is 13.4. The van der Waals surface area contributed by atoms with E-state index >= 15 is 0 Å². The number of hydrogen-bond donors (Lipinski definition) is 0. The zero-order chi connectivity index (χ0) is 15.6. The Labute approximate surface area is 123 Å². The molecule has 0 bridgehead atoms. The lowest BCUT2D eigenvalue weighted by Crippen LogP contribution is -2.42. The summed E-state index contributed by atoms with van der Waals surface area (Å²) >= 11 is 0. The van der Waals surface area contributed by atoms with Gasteiger partial charge in [-0.25, -0.2) is 0 Å². The number of carbonyl (C=O) groups excluding carboxylic acids is 3. The van der Waals surface area contributed by atoms with Crippen LogP contribution < -0.4 is 9.64 Å². The fourth-order valence-electron chi connectivity index (χ4n) is 2.38. The number of anilines is 1. The second kappa shape index (κ2) is 5.95. The van der Waals surface area contributed by atoms with Crippen molar-refractivity contribution >= 4 is 23.3 Å². The molecule has 0 aromatic heterocycles. The lowest BCUT2D eigenvalue weighted by molar-refractivity contribution is -0.130. The number of ketones is 1. The molecule has 2 amide bonds. The van der Waals surface area contributed by atoms with Crippen molar-refractivity contribution in [3.8, 4) is 5.75 Å². The highest BCUT2D eigenvalue weighted by atomic mass is 16.5. The van der Waals surface area contributed by atoms with Crippen LogP contribution in [0.3, 0.4) is 0 Å². The number of likely N-dealkylation sites (N-methyl/N-ethyl adjacent to an activating group) is 1. The summed E-state index contributed by atoms with van der Waals surface area (Å²) in [6.45, 7) is 4.77. The molecule has 0 radical (unpaired) electrons. The third-order valence-corrected chi connectivity index (χ3v) is 3.59. The van der Waals surface area contributed by atoms with Crippen molar-refractivity contribution in [2.24, 2.45) is 0 Å². The summed E-state index contributed by atoms with van der Waals surface area (Å²) in [6, 6.07) is 4.82. The molecule has 0 aliphatic carbocycles. The van der Waals surface area contributed by atoms with Crippen molar-refractivity contribution in [3.63, 3.8) is 0 Å². The van der Waals surface area contributed by atoms with E-state index < -0.39 is 11.7 Å². The average molecular weight is 290 g/mol. The minimum absolute atomic E-state index is 0.119. The molecule has 0 saturated carbocycles. The number of nitrogens with zero attached hydrogens (tertiary/aromatic N) is 2. The predicted molar refractivity (Wildman–Crippen MR) is 77.6 cm³/mol. The molecule has 0 saturated heterocycles. The maximum Gasteiger partial charge on any atom is 0.299 e. The van der Waals surface area contributed by atoms with E-state index in [2.05, 4.69) is 0 Å². The third-order valence-electron chi connectivity index (χ3n) is 3.59. The van der Waals surface area contributed by atoms with Crippen LogP contribution in [0.2, 0.25) is 0 Å². The smallest absolute Gasteiger partial charge is 0.299 e. The van der Waals surface area contributed by atoms with E-state index in [9.17, 15) is 14.4 Å². The summed E-state index contributed by atoms with van der Waals surface area (Å²) in [5.41, 5.74) is 0.748. The maximum atomic E-state index is 12.1. The largest absolute Gasteiger partial charge is 0.497 e. The quantitative estimate of drug-likeness (QED) is 0.761. The van der Waals surface area contributed by atoms with Gasteiger partial charge in [-0.3, -0.25) is 19.3 Å². The SMILES string of the molecule is CCN(CC)C(=O)CN1C(=O)C(=O)c2cc(OC)ccc21. The first-order chi connectivity index (χ1) is 10.0. The van der Waals surface area contributed by atoms with Crippen LogP contribution in [0.4, 0.5) is 5.69 Å². The Morgan fingerprint density at radius 3 is 2.48 bits per heavy atom. The topological polar surface area (TPSA) is 66.9 Å². The molecular weight excluding hydrogens is 272 g/mol. The van der Waals surface area contributed by atoms with Gasteiger partial charge in [0.15, 0.2) is 0 Å². The Balaban J connectivity index is 2.29. The summed E-state index contributed by atoms with van der Waals surface area (Å²) in [5, 5.41) is 0. The van der Waals surface area contributed by atoms with Crippen LogP contribution in [0, 0.1) is 0 Å². The zero-order valence-corrected chi connectivity index (χ0v) is 12.4. The van der Waals surface area contributed by atoms with Gasteiger partial charge in [0.05, 0.1) is 18.4 Å². The van der Waals surface area contributed by atoms with Gasteiger partial charge in [-0.1, -0.05) is 0 Å². The molecule has 21 heavy (non-hydrogen) atoms. The van der Waals surface area contributed by atoms with E-state index in [1.165, 1.54) is 18.1 Å². The second-order valence-corrected chi connectivity index (χ2v) is 4.67. The number of Topliss-reactive ketones (excluding diaryl/α,β-unsaturated/α-hetero) is 1. The first-order valence-corrected chi connectivity index (χ1v) is 6.85. The van der Waals surface area contributed by atoms with Crippen molar-refractivity contribution in [1.82, 2.24) is 4.90 Å². The Bertz CT molecular complexity index is 593. The van der Waals surface area contributed by atoms with Crippen LogP contribution in [-0.4, -0.2) is 49.2 Å². The highest BCUT2D eigenvalue weighted by Gasteiger charge is 2.37. The fraction of sp³-hybridized carbons (Fsp3) is 0.400. The van der Waals surface area contributed by atoms with Crippen LogP contribution in [0.1, 0.15) is 24.2 Å². The van der Waals surface area contributed by atoms with Crippen LogP contribution in [0.15, 0.2) is 18.2 Å². The summed E-state index contributed by atoms with van der Waals surface area (Å²) in [4.78, 5) is 39.1. The number of carbonyl (C=O) groups is 3. The van der Waals surface area contributed by atoms with Crippen molar-refractivity contribution in [3.05, 3.63) is 23.8 Å². The van der Waals surface area contributed by atoms with Crippen molar-refractivity contribution in [2.45, 2.75) is 13.8 Å². The van der Waals surface area contributed by atoms with Crippen molar-refractivity contribution in [1.29, 1.82) is 0 Å². The van der Waals surface area contributed by atoms with Crippen molar-refractivity contribution < 1.29 is 19.1 Å². The number of fused-ring (bicyclic) bond motifs is 1. The number of methoxy groups -OCH3 is 1. The molecule has 112 valence electrons. The molecule has 2 rings (SSSR count). The van der Waals surface area contributed by atoms with E-state index in [0.717, 1.165) is 0 Å². The summed E-state index contributed by atoms with van der Waals surface area (Å²) in [5.74, 6) is -0.938. The highest BCUT2D eigenvalue weighted by molar-refractivity contribution is 6.52. The van der Waals surface area contributed by atoms with Gasteiger partial charge in [-0.05, 0) is 32.0 Å². The van der Waals surface area contributed by atoms with E-state index in [1.807, 2.05) is 13.8 Å². The van der Waals surface area contributed by atoms with Gasteiger partial charge in [0.1, 0.15) is 12.3 Å². The van der Waals surface area contributed by atoms with E-state index in [4.69, 9.17) is 4.74 Å². The molecule has 6 nitrogen and oxygen atoms in total. The van der Waals surface area contributed by atoms with Gasteiger partial charge in [0.2, 0.25) is 5.91 Å². The molecule has 1 aromatic carbocycles. The van der Waals surface area contributed by atoms with E-state index in [-0.39, 0.29) is 18.0 Å². The van der Waals surface area contributed by atoms with E-state index in [0.29, 0.717) is 24.5 Å². The third kappa shape index (κ3) is 2.61. The Kier molecular flexibility index (Phi) is 4.26. The first-order valence-electron chi connectivity index (χ1n) is 6.85. The monoisotopic (exact) mass is 290 g/mol. The zero-order valence-electron chi connectivity index (χ0n) is 12.4. The van der Waals surface area contributed by atoms with Crippen LogP contribution in [-0.2, 0) is 9.59 Å². The van der Waals surface area contributed by atoms with Crippen LogP contribution >= 0.6 is 0 Å². The van der Waals surface area contributed by atoms with Gasteiger partial charge in [-0.2, -0.15) is 0 Å². The van der Waals surface area contributed by atoms with Crippen LogP contribution in [0.25, 0.3) is 0 Å². The van der Waals surface area contributed by atoms with Gasteiger partial charge in [-0.15, -0.1) is 0 Å². The average Bonchev–Trinajstić information content (AvgIpc) is 2.73. The first kappa shape index (κ1) is 15.0. The summed E-state index contributed by atoms with van der Waals surface area (Å²) in [6.07, 6.45) is 0. The van der Waals surface area contributed by atoms with Gasteiger partial charge >= 0.3 is 0 Å². The van der Waals surface area contributed by atoms with Gasteiger partial charge in [0, 0.05) is 13.1 Å². The molecule has 1 aliphatic rings. The molecule has 0 spiro atoms. The molecule has 6 heteroatoms. The standard InChI is InChI=1S/C15H18N2O4/c1-4-16(5-2)13(18)9-17-12-7-6-10(21-3)8-11(12)14(19)15(17)20/h6-8H,4-5,9H2,1-3H3. The van der Waals surface area contributed by atoms with E-state index in [1.54, 1.807) is 17.0 Å². The molecule has 0 N–H and O–H groups in total. The minimum Gasteiger partial charge on any atom is -0.497 e. The van der Waals surface area contributed by atoms with Crippen molar-refractivity contribution in [2.75, 3.05) is 31.6 Å². The molecule has 0 fully saturated rings. The number of benzene rings is 1. The second-order valence-electron chi connectivity index (χ2n) is 4.67. The molecule has 1 aromatic rings. The molecule has 1 heterocycles. The number of amides is 2. The highest BCUT2D eigenvalue weighted by Crippen LogP contribution is 2.31. The van der Waals surface area contributed by atoms with Crippen LogP contribution in [0.5, 0.6) is 5.75 Å². The van der Waals surface area contributed by atoms with Gasteiger partial charge < -0.3 is 9.64 Å². The minimum atomic E-state index is -0.668. The number of ether oxygens (including phenoxy) is 1. The fourth-order valence-corrected chi connectivity index (χ4v) is 2.38. The molecule has 0 atom stereocenters. The lowest BCUT2D eigenvalue weighted by atomic mass is 10.1. The Morgan fingerprint density at radius 1 is 1.24 bits per heavy atom. The van der Waals surface area contributed by atoms with Gasteiger partial charge in [0.25, 0.3) is 11.7 Å².